The van der Waals surface area contributed by atoms with Gasteiger partial charge >= 0.3 is 0 Å². The molecule has 0 bridgehead atoms. The van der Waals surface area contributed by atoms with Crippen molar-refractivity contribution < 1.29 is 4.74 Å². The van der Waals surface area contributed by atoms with Crippen molar-refractivity contribution in [1.29, 1.82) is 0 Å². The van der Waals surface area contributed by atoms with Crippen molar-refractivity contribution in [3.05, 3.63) is 46.9 Å². The summed E-state index contributed by atoms with van der Waals surface area (Å²) in [5, 5.41) is 3.56. The second-order valence-corrected chi connectivity index (χ2v) is 7.12. The number of likely N-dealkylation sites (N-methyl/N-ethyl adjacent to an activating group) is 1. The Morgan fingerprint density at radius 3 is 2.92 bits per heavy atom. The van der Waals surface area contributed by atoms with E-state index in [4.69, 9.17) is 4.74 Å². The molecule has 25 heavy (non-hydrogen) atoms. The van der Waals surface area contributed by atoms with Crippen LogP contribution in [0.25, 0.3) is 0 Å². The minimum atomic E-state index is 0.189. The van der Waals surface area contributed by atoms with Crippen LogP contribution in [0.15, 0.2) is 24.3 Å². The lowest BCUT2D eigenvalue weighted by molar-refractivity contribution is 0.185. The van der Waals surface area contributed by atoms with Gasteiger partial charge < -0.3 is 15.0 Å². The molecule has 1 N–H and O–H groups in total. The maximum atomic E-state index is 6.16. The number of hydrogen-bond donors (Lipinski definition) is 1. The minimum Gasteiger partial charge on any atom is -0.488 e. The number of benzene rings is 1. The largest absolute Gasteiger partial charge is 0.488 e. The normalized spacial score (nSPS) is 20.2. The maximum absolute atomic E-state index is 6.16. The fourth-order valence-corrected chi connectivity index (χ4v) is 3.72. The Hall–Kier alpha value is -2.14. The van der Waals surface area contributed by atoms with E-state index in [0.29, 0.717) is 0 Å². The lowest BCUT2D eigenvalue weighted by Gasteiger charge is -2.26. The number of rotatable bonds is 3. The number of fused-ring (bicyclic) bond motifs is 2. The molecule has 0 amide bonds. The molecule has 0 fully saturated rings. The van der Waals surface area contributed by atoms with Gasteiger partial charge in [0.25, 0.3) is 0 Å². The quantitative estimate of drug-likeness (QED) is 0.932. The number of aromatic nitrogens is 2. The molecule has 0 saturated carbocycles. The van der Waals surface area contributed by atoms with Crippen LogP contribution in [0.3, 0.4) is 0 Å². The number of nitrogens with zero attached hydrogens (tertiary/aromatic N) is 3. The molecular formula is C20H26N4O. The first-order valence-corrected chi connectivity index (χ1v) is 9.22. The average Bonchev–Trinajstić information content (AvgIpc) is 2.81. The van der Waals surface area contributed by atoms with Gasteiger partial charge in [-0.2, -0.15) is 0 Å². The Balaban J connectivity index is 1.48. The number of nitrogens with one attached hydrogen (secondary N) is 1. The minimum absolute atomic E-state index is 0.189. The van der Waals surface area contributed by atoms with E-state index in [2.05, 4.69) is 45.4 Å². The fraction of sp³-hybridized carbons (Fsp3) is 0.500. The van der Waals surface area contributed by atoms with E-state index in [1.165, 1.54) is 16.8 Å². The molecule has 5 nitrogen and oxygen atoms in total. The summed E-state index contributed by atoms with van der Waals surface area (Å²) in [6, 6.07) is 8.34. The summed E-state index contributed by atoms with van der Waals surface area (Å²) in [6.07, 6.45) is 4.31. The molecule has 1 atom stereocenters. The molecule has 5 heteroatoms. The van der Waals surface area contributed by atoms with Crippen molar-refractivity contribution in [3.8, 4) is 5.75 Å². The molecule has 0 aliphatic carbocycles. The summed E-state index contributed by atoms with van der Waals surface area (Å²) >= 11 is 0. The summed E-state index contributed by atoms with van der Waals surface area (Å²) in [5.41, 5.74) is 3.80. The number of hydrogen-bond acceptors (Lipinski definition) is 5. The SMILES string of the molecule is Cc1nc2c(c(NC[C@H]3CCc4ccccc4O3)n1)CCN(C)CC2. The fourth-order valence-electron chi connectivity index (χ4n) is 3.72. The summed E-state index contributed by atoms with van der Waals surface area (Å²) < 4.78 is 6.16. The van der Waals surface area contributed by atoms with Crippen LogP contribution in [0.1, 0.15) is 29.1 Å². The zero-order valence-electron chi connectivity index (χ0n) is 15.1. The molecule has 132 valence electrons. The van der Waals surface area contributed by atoms with E-state index in [1.807, 2.05) is 13.0 Å². The van der Waals surface area contributed by atoms with E-state index in [1.54, 1.807) is 0 Å². The number of aryl methyl sites for hydroxylation is 2. The highest BCUT2D eigenvalue weighted by Gasteiger charge is 2.21. The van der Waals surface area contributed by atoms with Crippen molar-refractivity contribution in [2.24, 2.45) is 0 Å². The van der Waals surface area contributed by atoms with Gasteiger partial charge in [-0.1, -0.05) is 18.2 Å². The topological polar surface area (TPSA) is 50.3 Å². The lowest BCUT2D eigenvalue weighted by Crippen LogP contribution is -2.30. The predicted octanol–water partition coefficient (Wildman–Crippen LogP) is 2.62. The highest BCUT2D eigenvalue weighted by Crippen LogP contribution is 2.27. The monoisotopic (exact) mass is 338 g/mol. The summed E-state index contributed by atoms with van der Waals surface area (Å²) in [5.74, 6) is 2.88. The Morgan fingerprint density at radius 2 is 2.00 bits per heavy atom. The molecule has 4 rings (SSSR count). The molecule has 0 spiro atoms. The van der Waals surface area contributed by atoms with Gasteiger partial charge in [0.05, 0.1) is 12.2 Å². The van der Waals surface area contributed by atoms with Gasteiger partial charge in [-0.05, 0) is 44.9 Å². The lowest BCUT2D eigenvalue weighted by atomic mass is 10.0. The van der Waals surface area contributed by atoms with Crippen molar-refractivity contribution >= 4 is 5.82 Å². The van der Waals surface area contributed by atoms with Crippen LogP contribution in [-0.4, -0.2) is 47.7 Å². The van der Waals surface area contributed by atoms with Crippen molar-refractivity contribution in [3.63, 3.8) is 0 Å². The smallest absolute Gasteiger partial charge is 0.133 e. The Labute approximate surface area is 149 Å². The van der Waals surface area contributed by atoms with Crippen molar-refractivity contribution in [1.82, 2.24) is 14.9 Å². The summed E-state index contributed by atoms with van der Waals surface area (Å²) in [4.78, 5) is 11.7. The van der Waals surface area contributed by atoms with E-state index in [0.717, 1.165) is 62.7 Å². The van der Waals surface area contributed by atoms with E-state index >= 15 is 0 Å². The number of anilines is 1. The van der Waals surface area contributed by atoms with Gasteiger partial charge in [-0.15, -0.1) is 0 Å². The van der Waals surface area contributed by atoms with Gasteiger partial charge in [0.1, 0.15) is 23.5 Å². The van der Waals surface area contributed by atoms with E-state index < -0.39 is 0 Å². The molecule has 2 aromatic rings. The molecule has 0 saturated heterocycles. The van der Waals surface area contributed by atoms with Crippen molar-refractivity contribution in [2.75, 3.05) is 32.0 Å². The van der Waals surface area contributed by atoms with Gasteiger partial charge in [0.2, 0.25) is 0 Å². The Bertz CT molecular complexity index is 761. The highest BCUT2D eigenvalue weighted by atomic mass is 16.5. The first-order valence-electron chi connectivity index (χ1n) is 9.22. The number of ether oxygens (including phenoxy) is 1. The zero-order valence-corrected chi connectivity index (χ0v) is 15.1. The summed E-state index contributed by atoms with van der Waals surface area (Å²) in [6.45, 7) is 4.88. The van der Waals surface area contributed by atoms with Crippen LogP contribution in [-0.2, 0) is 19.3 Å². The molecule has 1 aromatic heterocycles. The molecule has 2 aliphatic heterocycles. The number of para-hydroxylation sites is 1. The van der Waals surface area contributed by atoms with Crippen LogP contribution < -0.4 is 10.1 Å². The first kappa shape index (κ1) is 16.3. The highest BCUT2D eigenvalue weighted by molar-refractivity contribution is 5.48. The van der Waals surface area contributed by atoms with Crippen LogP contribution in [0.4, 0.5) is 5.82 Å². The van der Waals surface area contributed by atoms with Gasteiger partial charge in [0, 0.05) is 25.1 Å². The van der Waals surface area contributed by atoms with Gasteiger partial charge in [-0.3, -0.25) is 0 Å². The zero-order chi connectivity index (χ0) is 17.2. The second-order valence-electron chi connectivity index (χ2n) is 7.12. The molecule has 0 radical (unpaired) electrons. The molecule has 0 unspecified atom stereocenters. The third-order valence-electron chi connectivity index (χ3n) is 5.18. The summed E-state index contributed by atoms with van der Waals surface area (Å²) in [7, 11) is 2.17. The first-order chi connectivity index (χ1) is 12.2. The van der Waals surface area contributed by atoms with Crippen LogP contribution in [0.5, 0.6) is 5.75 Å². The molecule has 3 heterocycles. The third-order valence-corrected chi connectivity index (χ3v) is 5.18. The van der Waals surface area contributed by atoms with E-state index in [-0.39, 0.29) is 6.10 Å². The van der Waals surface area contributed by atoms with Crippen LogP contribution in [0, 0.1) is 6.92 Å². The molecular weight excluding hydrogens is 312 g/mol. The van der Waals surface area contributed by atoms with Gasteiger partial charge in [0.15, 0.2) is 0 Å². The standard InChI is InChI=1S/C20H26N4O/c1-14-22-18-10-12-24(2)11-9-17(18)20(23-14)21-13-16-8-7-15-5-3-4-6-19(15)25-16/h3-6,16H,7-13H2,1-2H3,(H,21,22,23)/t16-/m1/s1. The second kappa shape index (κ2) is 7.00. The van der Waals surface area contributed by atoms with Gasteiger partial charge in [-0.25, -0.2) is 9.97 Å². The Morgan fingerprint density at radius 1 is 1.16 bits per heavy atom. The maximum Gasteiger partial charge on any atom is 0.133 e. The average molecular weight is 338 g/mol. The van der Waals surface area contributed by atoms with E-state index in [9.17, 15) is 0 Å². The van der Waals surface area contributed by atoms with Crippen molar-refractivity contribution in [2.45, 2.75) is 38.7 Å². The predicted molar refractivity (Wildman–Crippen MR) is 99.3 cm³/mol. The van der Waals surface area contributed by atoms with Crippen LogP contribution in [0.2, 0.25) is 0 Å². The molecule has 1 aromatic carbocycles. The van der Waals surface area contributed by atoms with Crippen LogP contribution >= 0.6 is 0 Å². The molecule has 2 aliphatic rings. The third kappa shape index (κ3) is 3.61. The Kier molecular flexibility index (Phi) is 4.57.